The van der Waals surface area contributed by atoms with Gasteiger partial charge in [-0.2, -0.15) is 0 Å². The molecule has 25 rings (SSSR count). The number of ketones is 1. The van der Waals surface area contributed by atoms with Crippen LogP contribution in [0.3, 0.4) is 0 Å². The van der Waals surface area contributed by atoms with Crippen molar-refractivity contribution < 1.29 is 112 Å². The van der Waals surface area contributed by atoms with E-state index in [0.29, 0.717) is 134 Å². The minimum absolute atomic E-state index is 0. The maximum atomic E-state index is 13.6. The van der Waals surface area contributed by atoms with E-state index in [1.807, 2.05) is 65.6 Å². The van der Waals surface area contributed by atoms with Crippen molar-refractivity contribution in [3.63, 3.8) is 0 Å². The first kappa shape index (κ1) is 108. The number of nitrogens with zero attached hydrogens (tertiary/aromatic N) is 7. The molecule has 10 aromatic carbocycles. The van der Waals surface area contributed by atoms with Crippen molar-refractivity contribution in [2.45, 2.75) is 94.1 Å². The first-order chi connectivity index (χ1) is 70.5. The summed E-state index contributed by atoms with van der Waals surface area (Å²) < 4.78 is 85.6. The summed E-state index contributed by atoms with van der Waals surface area (Å²) in [7, 11) is 2.11. The van der Waals surface area contributed by atoms with Crippen molar-refractivity contribution in [2.24, 2.45) is 71.0 Å². The molecule has 0 aromatic heterocycles. The third kappa shape index (κ3) is 27.5. The van der Waals surface area contributed by atoms with Crippen LogP contribution in [0.15, 0.2) is 267 Å². The number of hydrogen-bond donors (Lipinski definition) is 5. The molecule has 12 bridgehead atoms. The fourth-order valence-corrected chi connectivity index (χ4v) is 24.4. The number of carbonyl (C=O) groups is 3. The average Bonchev–Trinajstić information content (AvgIpc) is 0.768. The van der Waals surface area contributed by atoms with Gasteiger partial charge in [0.15, 0.2) is 0 Å². The molecule has 12 fully saturated rings. The minimum Gasteiger partial charge on any atom is -1.00 e. The number of piperidine rings is 6. The van der Waals surface area contributed by atoms with Crippen LogP contribution in [-0.2, 0) is 88.1 Å². The molecule has 3 radical (unpaired) electrons. The Hall–Kier alpha value is -9.38. The van der Waals surface area contributed by atoms with Crippen LogP contribution in [0.4, 0.5) is 22.8 Å². The van der Waals surface area contributed by atoms with Gasteiger partial charge in [-0.3, -0.25) is 34.2 Å². The molecule has 0 saturated carbocycles. The zero-order chi connectivity index (χ0) is 98.8. The number of hydrogen-bond acceptors (Lipinski definition) is 21. The maximum absolute atomic E-state index is 13.6. The molecule has 15 atom stereocenters. The Morgan fingerprint density at radius 2 is 0.637 bits per heavy atom. The Balaban J connectivity index is 0.000000124. The Kier molecular flexibility index (Phi) is 38.7. The Bertz CT molecular complexity index is 5500. The quantitative estimate of drug-likeness (QED) is 0.0675. The minimum atomic E-state index is -0.294. The summed E-state index contributed by atoms with van der Waals surface area (Å²) in [6.07, 6.45) is 1.34. The number of rotatable bonds is 13. The fourth-order valence-electron chi connectivity index (χ4n) is 24.4. The van der Waals surface area contributed by atoms with E-state index < -0.39 is 0 Å². The average molecular weight is 2000 g/mol. The normalized spacial score (nSPS) is 28.9. The summed E-state index contributed by atoms with van der Waals surface area (Å²) in [5.41, 5.74) is 15.6. The van der Waals surface area contributed by atoms with E-state index in [0.717, 1.165) is 158 Å². The number of halogens is 3. The molecular formula is C118H141BF3N9NaO14. The molecule has 23 nitrogen and oxygen atoms in total. The summed E-state index contributed by atoms with van der Waals surface area (Å²) >= 11 is 0. The summed E-state index contributed by atoms with van der Waals surface area (Å²) in [5, 5.41) is 37.1. The van der Waals surface area contributed by atoms with Crippen molar-refractivity contribution in [3.05, 3.63) is 357 Å². The van der Waals surface area contributed by atoms with Crippen molar-refractivity contribution in [3.8, 4) is 0 Å². The fraction of sp³-hybridized carbons (Fsp3) is 0.466. The predicted octanol–water partition coefficient (Wildman–Crippen LogP) is 11.1. The number of carbonyl (C=O) groups excluding carboxylic acids is 3. The van der Waals surface area contributed by atoms with Gasteiger partial charge in [-0.25, -0.2) is 22.8 Å². The molecule has 0 unspecified atom stereocenters. The molecular weight excluding hydrogens is 1860 g/mol. The molecule has 146 heavy (non-hydrogen) atoms. The number of aliphatic hydroxyl groups excluding tert-OH is 3. The van der Waals surface area contributed by atoms with E-state index in [9.17, 15) is 42.9 Å². The van der Waals surface area contributed by atoms with Crippen molar-refractivity contribution >= 4 is 26.4 Å². The number of amides is 2. The molecule has 15 heterocycles. The third-order valence-electron chi connectivity index (χ3n) is 31.5. The van der Waals surface area contributed by atoms with Gasteiger partial charge in [-0.05, 0) is 135 Å². The first-order valence-electron chi connectivity index (χ1n) is 52.1. The summed E-state index contributed by atoms with van der Waals surface area (Å²) in [6.45, 7) is 24.8. The summed E-state index contributed by atoms with van der Waals surface area (Å²) in [4.78, 5) is 54.3. The molecule has 28 heteroatoms. The molecule has 767 valence electrons. The summed E-state index contributed by atoms with van der Waals surface area (Å²) in [5.74, 6) is 2.44. The zero-order valence-corrected chi connectivity index (χ0v) is 86.2. The maximum Gasteiger partial charge on any atom is 1.00 e. The van der Waals surface area contributed by atoms with E-state index >= 15 is 0 Å². The molecule has 2 amide bonds. The van der Waals surface area contributed by atoms with Crippen molar-refractivity contribution in [1.29, 1.82) is 0 Å². The molecule has 5 N–H and O–H groups in total. The van der Waals surface area contributed by atoms with Crippen LogP contribution in [0, 0.1) is 88.5 Å². The number of ether oxygens (including phenoxy) is 8. The van der Waals surface area contributed by atoms with Gasteiger partial charge in [0, 0.05) is 192 Å². The van der Waals surface area contributed by atoms with Gasteiger partial charge in [-0.1, -0.05) is 231 Å². The van der Waals surface area contributed by atoms with E-state index in [1.165, 1.54) is 80.9 Å². The number of likely N-dealkylation sites (tertiary alicyclic amines) is 5. The summed E-state index contributed by atoms with van der Waals surface area (Å²) in [6, 6.07) is 86.1. The van der Waals surface area contributed by atoms with Crippen molar-refractivity contribution in [1.82, 2.24) is 44.9 Å². The Labute approximate surface area is 883 Å². The number of fused-ring (bicyclic) bond motifs is 15. The monoisotopic (exact) mass is 2000 g/mol. The second kappa shape index (κ2) is 52.4. The number of nitrogens with one attached hydrogen (secondary N) is 2. The standard InChI is InChI=1S/C24H27FN2O3.C23H25FN2O3.C15H14FN.3C14H19NO2.C14H17NO2.B.Na.H/c1-26-12-18-14-29-15-19(13-26)23(18)30-24(28)27-11-10-16-4-2-3-5-21(16)22(27)17-6-8-20(25)9-7-17;24-19-7-5-16(6-8-19)21-20-4-2-1-3-15(20)9-10-26(21)23(27)29-22-17-11-25-12-18(22)14-28-13-17;16-13-7-5-12(6-8-13)15-14-4-2-1-3-11(14)9-10-17-15;4*16-14-12-7-15(8-13(14)10-17-9-12)6-11-4-2-1-3-5-11;;;/h2-9,18-19,22-23H,10-15H2,1H3;1-8,17-18,21-22,25H,9-14H2;1-8,15,17H,9-10H2;3*1-5,12-14,16H,6-10H2;1-5,12-13H,6-10H2;;;/q;;;;;;;;+1;-1/t18-,19-,22+;17-,18-,21+;15-;4*12-,13-;;;/m1101111.../s1. The smallest absolute Gasteiger partial charge is 1.00 e. The topological polar surface area (TPSA) is 232 Å². The molecule has 12 saturated heterocycles. The molecule has 15 aliphatic heterocycles. The molecule has 0 aliphatic carbocycles. The second-order valence-electron chi connectivity index (χ2n) is 42.0. The Morgan fingerprint density at radius 3 is 0.993 bits per heavy atom. The molecule has 10 aromatic rings. The predicted molar refractivity (Wildman–Crippen MR) is 551 cm³/mol. The Morgan fingerprint density at radius 1 is 0.349 bits per heavy atom. The van der Waals surface area contributed by atoms with Crippen LogP contribution < -0.4 is 40.2 Å². The van der Waals surface area contributed by atoms with Crippen LogP contribution in [0.1, 0.15) is 91.9 Å². The molecule has 0 spiro atoms. The van der Waals surface area contributed by atoms with Gasteiger partial charge in [0.2, 0.25) is 0 Å². The van der Waals surface area contributed by atoms with Crippen molar-refractivity contribution in [2.75, 3.05) is 185 Å². The number of aliphatic hydroxyl groups is 3. The van der Waals surface area contributed by atoms with E-state index in [1.54, 1.807) is 29.2 Å². The van der Waals surface area contributed by atoms with Gasteiger partial charge < -0.3 is 70.2 Å². The third-order valence-corrected chi connectivity index (χ3v) is 31.5. The first-order valence-corrected chi connectivity index (χ1v) is 52.1. The van der Waals surface area contributed by atoms with Gasteiger partial charge in [0.25, 0.3) is 0 Å². The van der Waals surface area contributed by atoms with Gasteiger partial charge >= 0.3 is 41.7 Å². The number of benzene rings is 10. The van der Waals surface area contributed by atoms with E-state index in [4.69, 9.17) is 37.9 Å². The van der Waals surface area contributed by atoms with Gasteiger partial charge in [0.1, 0.15) is 35.4 Å². The van der Waals surface area contributed by atoms with Crippen LogP contribution >= 0.6 is 0 Å². The van der Waals surface area contributed by atoms with E-state index in [2.05, 4.69) is 188 Å². The van der Waals surface area contributed by atoms with Crippen LogP contribution in [0.5, 0.6) is 0 Å². The van der Waals surface area contributed by atoms with E-state index in [-0.39, 0.29) is 153 Å². The SMILES string of the molecule is CN1C[C@@H]2COC[C@@H](C1)C2OC(=O)N1CCc2ccccc2[C@@H]1c1ccc(F)cc1.Fc1ccc([C@@H]2NCCc3ccccc32)cc1.O=C(OC1[C@@H]2CNC[C@@H]1COC2)N1CCc2ccccc2[C@@H]1c1ccc(F)cc1.O=C1[C@H]2COC[C@H]1CN(Cc1ccccc1)C2.OC1[C@H]2COC[C@H]1CN(Cc1ccccc1)C2.OC1[C@H]2COC[C@H]1CN(Cc1ccccc1)C2.OC1[C@H]2COC[C@H]1CN(Cc1ccccc1)C2.[B].[H-].[Na+]. The van der Waals surface area contributed by atoms with Gasteiger partial charge in [0.05, 0.1) is 128 Å². The largest absolute Gasteiger partial charge is 1.00 e. The molecule has 15 aliphatic rings. The van der Waals surface area contributed by atoms with Crippen LogP contribution in [-0.4, -0.2) is 291 Å². The van der Waals surface area contributed by atoms with Gasteiger partial charge in [-0.15, -0.1) is 0 Å². The van der Waals surface area contributed by atoms with Crippen LogP contribution in [0.2, 0.25) is 0 Å². The zero-order valence-electron chi connectivity index (χ0n) is 85.2. The number of Topliss-reactive ketones (excluding diaryl/α,β-unsaturated/α-hetero) is 1. The second-order valence-corrected chi connectivity index (χ2v) is 42.0. The van der Waals surface area contributed by atoms with Crippen LogP contribution in [0.25, 0.3) is 0 Å².